The van der Waals surface area contributed by atoms with E-state index in [2.05, 4.69) is 48.6 Å². The minimum Gasteiger partial charge on any atom is -0.463 e. The molecule has 0 N–H and O–H groups in total. The number of rotatable bonds is 4. The normalized spacial score (nSPS) is 22.6. The van der Waals surface area contributed by atoms with Crippen LogP contribution in [0.5, 0.6) is 0 Å². The van der Waals surface area contributed by atoms with E-state index in [0.29, 0.717) is 6.61 Å². The Labute approximate surface area is 416 Å². The molecule has 0 heterocycles. The van der Waals surface area contributed by atoms with E-state index >= 15 is 4.79 Å². The summed E-state index contributed by atoms with van der Waals surface area (Å²) in [6, 6.07) is 11.0. The van der Waals surface area contributed by atoms with Crippen LogP contribution in [-0.4, -0.2) is 12.6 Å². The predicted molar refractivity (Wildman–Crippen MR) is 318 cm³/mol. The van der Waals surface area contributed by atoms with Gasteiger partial charge in [0.1, 0.15) is 0 Å². The summed E-state index contributed by atoms with van der Waals surface area (Å²) in [5.74, 6) is -0.413. The number of hydrogen-bond donors (Lipinski definition) is 0. The van der Waals surface area contributed by atoms with Gasteiger partial charge in [-0.3, -0.25) is 0 Å². The molecule has 5 aliphatic carbocycles. The van der Waals surface area contributed by atoms with Crippen molar-refractivity contribution in [1.29, 1.82) is 0 Å². The van der Waals surface area contributed by atoms with Crippen LogP contribution in [0, 0.1) is 5.92 Å². The molecule has 322 valence electrons. The third-order valence-electron chi connectivity index (χ3n) is 26.4. The van der Waals surface area contributed by atoms with Gasteiger partial charge in [-0.25, -0.2) is 4.79 Å². The molecule has 0 saturated carbocycles. The predicted octanol–water partition coefficient (Wildman–Crippen LogP) is 19.1. The van der Waals surface area contributed by atoms with Gasteiger partial charge in [0.25, 0.3) is 0 Å². The van der Waals surface area contributed by atoms with E-state index in [1.165, 1.54) is 5.56 Å². The number of benzene rings is 19. The zero-order chi connectivity index (χ0) is 45.9. The molecule has 29 aromatic rings. The van der Waals surface area contributed by atoms with Crippen molar-refractivity contribution in [1.82, 2.24) is 0 Å². The largest absolute Gasteiger partial charge is 0.463 e. The summed E-state index contributed by atoms with van der Waals surface area (Å²) in [7, 11) is 0. The number of esters is 1. The van der Waals surface area contributed by atoms with Gasteiger partial charge in [0.2, 0.25) is 0 Å². The second-order valence-electron chi connectivity index (χ2n) is 26.9. The first-order valence-electron chi connectivity index (χ1n) is 28.2. The van der Waals surface area contributed by atoms with Crippen LogP contribution in [0.2, 0.25) is 0 Å². The lowest BCUT2D eigenvalue weighted by atomic mass is 9.47. The standard InChI is InChI=1S/C74H14O2/c1-2-76-72(75)12-10-73-68-60-52-42-32-24-16-14-15-18-22-20(16)28-36-30(22)40-34-26(18)27-19(15)23-21-17(14)25(24)33-39-29(21)37-31(23)41-35(27)45-44(34)56-50(40)58-48(36)54(46(52)38(28)32)62(68)64(58)70-66(56)67-57(45)51(41)59-49(37)55-47(39)53(43(33)42)61(60)69(73)63(55)65(59)71(67)74(70,73)13(12)9-8-11-6-4-3-5-7-11/h3-10,13H,2H2,1H3/b9-8+. The molecule has 2 heteroatoms. The van der Waals surface area contributed by atoms with Crippen LogP contribution in [0.4, 0.5) is 0 Å². The average Bonchev–Trinajstić information content (AvgIpc) is 4.45. The number of carbonyl (C=O) groups is 1. The van der Waals surface area contributed by atoms with Gasteiger partial charge in [-0.2, -0.15) is 0 Å². The van der Waals surface area contributed by atoms with Crippen LogP contribution in [0.1, 0.15) is 34.7 Å². The van der Waals surface area contributed by atoms with E-state index in [1.807, 2.05) is 6.92 Å². The maximum atomic E-state index is 15.8. The molecule has 0 amide bonds. The Morgan fingerprint density at radius 3 is 0.842 bits per heavy atom. The van der Waals surface area contributed by atoms with E-state index in [1.54, 1.807) is 313 Å². The van der Waals surface area contributed by atoms with Crippen molar-refractivity contribution in [3.05, 3.63) is 75.9 Å². The third kappa shape index (κ3) is 1.65. The highest BCUT2D eigenvalue weighted by molar-refractivity contribution is 6.82. The first-order chi connectivity index (χ1) is 37.8. The first kappa shape index (κ1) is 29.5. The quantitative estimate of drug-likeness (QED) is 0.130. The Kier molecular flexibility index (Phi) is 2.70. The Hall–Kier alpha value is -9.37. The molecule has 1 atom stereocenters. The summed E-state index contributed by atoms with van der Waals surface area (Å²) >= 11 is 0. The monoisotopic (exact) mass is 934 g/mol. The van der Waals surface area contributed by atoms with Gasteiger partial charge in [-0.05, 0) is 326 Å². The lowest BCUT2D eigenvalue weighted by Gasteiger charge is -2.52. The van der Waals surface area contributed by atoms with Crippen molar-refractivity contribution in [2.45, 2.75) is 17.8 Å². The molecule has 0 aromatic heterocycles. The highest BCUT2D eigenvalue weighted by Crippen LogP contribution is 2.87. The zero-order valence-corrected chi connectivity index (χ0v) is 39.2. The maximum Gasteiger partial charge on any atom is 0.334 e. The molecule has 1 unspecified atom stereocenters. The van der Waals surface area contributed by atoms with Gasteiger partial charge in [0.15, 0.2) is 0 Å². The molecular formula is C74H14O2. The van der Waals surface area contributed by atoms with Gasteiger partial charge in [0, 0.05) is 11.5 Å². The summed E-state index contributed by atoms with van der Waals surface area (Å²) in [5.41, 5.74) is 7.01. The summed E-state index contributed by atoms with van der Waals surface area (Å²) in [6.07, 6.45) is 7.58. The lowest BCUT2D eigenvalue weighted by molar-refractivity contribution is -0.139. The highest BCUT2D eigenvalue weighted by Gasteiger charge is 2.74. The molecular weight excluding hydrogens is 921 g/mol. The molecule has 2 nitrogen and oxygen atoms in total. The van der Waals surface area contributed by atoms with Crippen LogP contribution >= 0.6 is 0 Å². The molecule has 0 fully saturated rings. The van der Waals surface area contributed by atoms with E-state index in [4.69, 9.17) is 4.74 Å². The second-order valence-corrected chi connectivity index (χ2v) is 26.9. The van der Waals surface area contributed by atoms with Crippen LogP contribution in [0.3, 0.4) is 0 Å². The van der Waals surface area contributed by atoms with Crippen LogP contribution in [0.25, 0.3) is 297 Å². The molecule has 0 saturated heterocycles. The molecule has 34 rings (SSSR count). The van der Waals surface area contributed by atoms with Crippen molar-refractivity contribution < 1.29 is 9.53 Å². The van der Waals surface area contributed by atoms with Crippen molar-refractivity contribution >= 4 is 303 Å². The van der Waals surface area contributed by atoms with E-state index in [9.17, 15) is 0 Å². The Bertz CT molecular complexity index is 7510. The minimum atomic E-state index is -0.647. The fraction of sp³-hybridized carbons (Fsp3) is 0.0676. The fourth-order valence-electron chi connectivity index (χ4n) is 26.2. The van der Waals surface area contributed by atoms with Gasteiger partial charge >= 0.3 is 5.97 Å². The zero-order valence-electron chi connectivity index (χ0n) is 39.2. The first-order valence-corrected chi connectivity index (χ1v) is 28.2. The topological polar surface area (TPSA) is 26.3 Å². The summed E-state index contributed by atoms with van der Waals surface area (Å²) in [5, 5.41) is 85.7. The third-order valence-corrected chi connectivity index (χ3v) is 26.4. The lowest BCUT2D eigenvalue weighted by Crippen LogP contribution is -2.51. The number of carbonyl (C=O) groups excluding carboxylic acids is 1. The number of allylic oxidation sites excluding steroid dienone is 2. The van der Waals surface area contributed by atoms with E-state index in [-0.39, 0.29) is 11.9 Å². The molecule has 76 heavy (non-hydrogen) atoms. The van der Waals surface area contributed by atoms with Gasteiger partial charge in [-0.1, -0.05) is 48.6 Å². The second kappa shape index (κ2) is 6.95. The maximum absolute atomic E-state index is 15.8. The van der Waals surface area contributed by atoms with Crippen molar-refractivity contribution in [2.24, 2.45) is 5.92 Å². The smallest absolute Gasteiger partial charge is 0.334 e. The molecule has 0 aliphatic heterocycles. The molecule has 0 bridgehead atoms. The fourth-order valence-corrected chi connectivity index (χ4v) is 26.2. The minimum absolute atomic E-state index is 0.138. The van der Waals surface area contributed by atoms with Crippen LogP contribution < -0.4 is 0 Å². The van der Waals surface area contributed by atoms with Crippen molar-refractivity contribution in [3.63, 3.8) is 0 Å². The SMILES string of the molecule is CCOC(=O)C1=CC23c4c5c6c7c8c9c(c%10c%11c2c2c4c4c%12c5c5c6c6c8c8c%13c9c9c%10c%10c%11c%11c2c2c4c4c%12c%12c5c5c6c8c6c8c%13c9c9c%10c%10c%11c2c2c4c4c%12c5c6c5c8c9c%10c2c45)C73C1/C=C/c1ccccc1. The number of ether oxygens (including phenoxy) is 1. The van der Waals surface area contributed by atoms with Crippen LogP contribution in [0.15, 0.2) is 48.1 Å². The van der Waals surface area contributed by atoms with Crippen LogP contribution in [-0.2, 0) is 20.4 Å². The molecule has 29 aromatic carbocycles. The number of hydrogen-bond acceptors (Lipinski definition) is 2. The summed E-state index contributed by atoms with van der Waals surface area (Å²) in [6.45, 7) is 2.36. The average molecular weight is 935 g/mol. The molecule has 2 spiro atoms. The molecule has 0 radical (unpaired) electrons. The molecule has 5 aliphatic rings. The Morgan fingerprint density at radius 1 is 0.355 bits per heavy atom. The Morgan fingerprint density at radius 2 is 0.592 bits per heavy atom. The summed E-state index contributed by atoms with van der Waals surface area (Å²) in [4.78, 5) is 15.8. The van der Waals surface area contributed by atoms with Gasteiger partial charge in [0.05, 0.1) is 17.4 Å². The summed E-state index contributed by atoms with van der Waals surface area (Å²) < 4.78 is 6.47. The van der Waals surface area contributed by atoms with Crippen molar-refractivity contribution in [2.75, 3.05) is 6.61 Å². The highest BCUT2D eigenvalue weighted by atomic mass is 16.5. The van der Waals surface area contributed by atoms with E-state index < -0.39 is 10.8 Å². The van der Waals surface area contributed by atoms with Gasteiger partial charge < -0.3 is 4.74 Å². The van der Waals surface area contributed by atoms with Crippen molar-refractivity contribution in [3.8, 4) is 0 Å². The van der Waals surface area contributed by atoms with Gasteiger partial charge in [-0.15, -0.1) is 0 Å². The Balaban J connectivity index is 1.10. The van der Waals surface area contributed by atoms with E-state index in [0.717, 1.165) is 5.57 Å².